The molecule has 0 saturated heterocycles. The summed E-state index contributed by atoms with van der Waals surface area (Å²) in [5, 5.41) is 10.3. The highest BCUT2D eigenvalue weighted by atomic mass is 19.3. The molecule has 0 aliphatic heterocycles. The van der Waals surface area contributed by atoms with Gasteiger partial charge in [-0.3, -0.25) is 4.99 Å². The van der Waals surface area contributed by atoms with Crippen molar-refractivity contribution in [2.75, 3.05) is 13.6 Å². The molecular formula is C19H26F2N4O2. The van der Waals surface area contributed by atoms with Crippen LogP contribution in [0.1, 0.15) is 41.0 Å². The largest absolute Gasteiger partial charge is 0.434 e. The highest BCUT2D eigenvalue weighted by Gasteiger charge is 2.17. The van der Waals surface area contributed by atoms with E-state index in [0.29, 0.717) is 24.6 Å². The quantitative estimate of drug-likeness (QED) is 0.566. The van der Waals surface area contributed by atoms with E-state index in [1.165, 1.54) is 0 Å². The second kappa shape index (κ2) is 9.34. The molecule has 0 amide bonds. The van der Waals surface area contributed by atoms with Crippen LogP contribution in [0.25, 0.3) is 0 Å². The van der Waals surface area contributed by atoms with Gasteiger partial charge in [0.1, 0.15) is 11.5 Å². The summed E-state index contributed by atoms with van der Waals surface area (Å²) in [4.78, 5) is 4.18. The van der Waals surface area contributed by atoms with Crippen molar-refractivity contribution in [1.29, 1.82) is 0 Å². The molecule has 1 heterocycles. The third-order valence-electron chi connectivity index (χ3n) is 4.26. The minimum atomic E-state index is -2.86. The number of ether oxygens (including phenoxy) is 1. The van der Waals surface area contributed by atoms with Gasteiger partial charge >= 0.3 is 6.61 Å². The molecule has 2 N–H and O–H groups in total. The number of benzene rings is 1. The normalized spacial score (nSPS) is 13.0. The lowest BCUT2D eigenvalue weighted by Crippen LogP contribution is -2.38. The number of aryl methyl sites for hydroxylation is 3. The smallest absolute Gasteiger partial charge is 0.387 e. The first kappa shape index (κ1) is 20.7. The summed E-state index contributed by atoms with van der Waals surface area (Å²) in [7, 11) is 1.66. The van der Waals surface area contributed by atoms with Gasteiger partial charge in [0, 0.05) is 37.2 Å². The lowest BCUT2D eigenvalue weighted by atomic mass is 10.00. The van der Waals surface area contributed by atoms with Gasteiger partial charge in [0.05, 0.1) is 5.69 Å². The number of aromatic nitrogens is 1. The molecule has 0 saturated carbocycles. The molecule has 1 unspecified atom stereocenters. The van der Waals surface area contributed by atoms with Crippen molar-refractivity contribution in [2.45, 2.75) is 46.8 Å². The Hall–Kier alpha value is -2.64. The minimum Gasteiger partial charge on any atom is -0.434 e. The number of hydrogen-bond donors (Lipinski definition) is 2. The molecular weight excluding hydrogens is 354 g/mol. The molecule has 0 spiro atoms. The lowest BCUT2D eigenvalue weighted by molar-refractivity contribution is -0.0504. The summed E-state index contributed by atoms with van der Waals surface area (Å²) in [5.74, 6) is 1.70. The molecule has 0 bridgehead atoms. The molecule has 0 fully saturated rings. The molecule has 148 valence electrons. The Labute approximate surface area is 158 Å². The minimum absolute atomic E-state index is 0.155. The summed E-state index contributed by atoms with van der Waals surface area (Å²) >= 11 is 0. The van der Waals surface area contributed by atoms with E-state index >= 15 is 0 Å². The van der Waals surface area contributed by atoms with E-state index in [1.807, 2.05) is 26.8 Å². The van der Waals surface area contributed by atoms with Crippen molar-refractivity contribution in [1.82, 2.24) is 15.8 Å². The van der Waals surface area contributed by atoms with Crippen molar-refractivity contribution >= 4 is 5.96 Å². The van der Waals surface area contributed by atoms with E-state index in [-0.39, 0.29) is 11.7 Å². The zero-order valence-corrected chi connectivity index (χ0v) is 16.3. The SMILES string of the molecule is CN=C(NCc1cc(C)ccc1OC(F)F)NCC(C)c1c(C)noc1C. The third kappa shape index (κ3) is 5.67. The Morgan fingerprint density at radius 1 is 1.26 bits per heavy atom. The first-order chi connectivity index (χ1) is 12.8. The van der Waals surface area contributed by atoms with Crippen molar-refractivity contribution < 1.29 is 18.0 Å². The number of nitrogens with one attached hydrogen (secondary N) is 2. The topological polar surface area (TPSA) is 71.7 Å². The van der Waals surface area contributed by atoms with Gasteiger partial charge in [0.25, 0.3) is 0 Å². The first-order valence-corrected chi connectivity index (χ1v) is 8.73. The summed E-state index contributed by atoms with van der Waals surface area (Å²) in [6.45, 7) is 5.84. The molecule has 6 nitrogen and oxygen atoms in total. The summed E-state index contributed by atoms with van der Waals surface area (Å²) in [6.07, 6.45) is 0. The van der Waals surface area contributed by atoms with Gasteiger partial charge in [0.2, 0.25) is 0 Å². The van der Waals surface area contributed by atoms with Crippen LogP contribution < -0.4 is 15.4 Å². The zero-order chi connectivity index (χ0) is 20.0. The highest BCUT2D eigenvalue weighted by Crippen LogP contribution is 2.23. The van der Waals surface area contributed by atoms with E-state index in [9.17, 15) is 8.78 Å². The molecule has 1 aromatic carbocycles. The predicted molar refractivity (Wildman–Crippen MR) is 100 cm³/mol. The number of rotatable bonds is 7. The van der Waals surface area contributed by atoms with Crippen LogP contribution in [0.5, 0.6) is 5.75 Å². The Balaban J connectivity index is 1.97. The number of hydrogen-bond acceptors (Lipinski definition) is 4. The second-order valence-electron chi connectivity index (χ2n) is 6.44. The number of aliphatic imine (C=N–C) groups is 1. The Morgan fingerprint density at radius 2 is 2.00 bits per heavy atom. The summed E-state index contributed by atoms with van der Waals surface area (Å²) in [5.41, 5.74) is 3.54. The average molecular weight is 380 g/mol. The maximum atomic E-state index is 12.6. The number of guanidine groups is 1. The maximum Gasteiger partial charge on any atom is 0.387 e. The van der Waals surface area contributed by atoms with E-state index in [1.54, 1.807) is 19.2 Å². The summed E-state index contributed by atoms with van der Waals surface area (Å²) in [6, 6.07) is 5.10. The van der Waals surface area contributed by atoms with Crippen LogP contribution in [0, 0.1) is 20.8 Å². The fourth-order valence-electron chi connectivity index (χ4n) is 3.00. The van der Waals surface area contributed by atoms with Crippen LogP contribution in [0.3, 0.4) is 0 Å². The Kier molecular flexibility index (Phi) is 7.15. The fourth-order valence-corrected chi connectivity index (χ4v) is 3.00. The van der Waals surface area contributed by atoms with Crippen molar-refractivity contribution in [2.24, 2.45) is 4.99 Å². The van der Waals surface area contributed by atoms with Gasteiger partial charge in [-0.15, -0.1) is 0 Å². The Bertz CT molecular complexity index is 771. The van der Waals surface area contributed by atoms with Crippen LogP contribution >= 0.6 is 0 Å². The van der Waals surface area contributed by atoms with E-state index in [4.69, 9.17) is 4.52 Å². The second-order valence-corrected chi connectivity index (χ2v) is 6.44. The molecule has 0 aliphatic carbocycles. The third-order valence-corrected chi connectivity index (χ3v) is 4.26. The molecule has 1 atom stereocenters. The zero-order valence-electron chi connectivity index (χ0n) is 16.3. The van der Waals surface area contributed by atoms with Crippen LogP contribution in [0.4, 0.5) is 8.78 Å². The molecule has 1 aromatic heterocycles. The van der Waals surface area contributed by atoms with Gasteiger partial charge in [-0.1, -0.05) is 29.8 Å². The highest BCUT2D eigenvalue weighted by molar-refractivity contribution is 5.79. The first-order valence-electron chi connectivity index (χ1n) is 8.73. The number of nitrogens with zero attached hydrogens (tertiary/aromatic N) is 2. The van der Waals surface area contributed by atoms with Crippen molar-refractivity contribution in [3.05, 3.63) is 46.3 Å². The summed E-state index contributed by atoms with van der Waals surface area (Å²) < 4.78 is 35.0. The van der Waals surface area contributed by atoms with Crippen molar-refractivity contribution in [3.63, 3.8) is 0 Å². The predicted octanol–water partition coefficient (Wildman–Crippen LogP) is 3.67. The molecule has 0 radical (unpaired) electrons. The van der Waals surface area contributed by atoms with Gasteiger partial charge in [-0.25, -0.2) is 0 Å². The van der Waals surface area contributed by atoms with Crippen molar-refractivity contribution in [3.8, 4) is 5.75 Å². The standard InChI is InChI=1S/C19H26F2N4O2/c1-11-6-7-16(26-18(20)21)15(8-11)10-24-19(22-5)23-9-12(2)17-13(3)25-27-14(17)4/h6-8,12,18H,9-10H2,1-5H3,(H2,22,23,24). The van der Waals surface area contributed by atoms with Crippen LogP contribution in [-0.2, 0) is 6.54 Å². The maximum absolute atomic E-state index is 12.6. The lowest BCUT2D eigenvalue weighted by Gasteiger charge is -2.17. The fraction of sp³-hybridized carbons (Fsp3) is 0.474. The van der Waals surface area contributed by atoms with Gasteiger partial charge in [-0.2, -0.15) is 8.78 Å². The molecule has 8 heteroatoms. The molecule has 27 heavy (non-hydrogen) atoms. The van der Waals surface area contributed by atoms with Gasteiger partial charge in [0.15, 0.2) is 5.96 Å². The molecule has 2 aromatic rings. The van der Waals surface area contributed by atoms with E-state index in [0.717, 1.165) is 22.6 Å². The molecule has 0 aliphatic rings. The van der Waals surface area contributed by atoms with Gasteiger partial charge < -0.3 is 19.9 Å². The van der Waals surface area contributed by atoms with E-state index in [2.05, 4.69) is 32.4 Å². The monoisotopic (exact) mass is 380 g/mol. The van der Waals surface area contributed by atoms with Crippen LogP contribution in [-0.4, -0.2) is 31.3 Å². The Morgan fingerprint density at radius 3 is 2.59 bits per heavy atom. The number of halogens is 2. The van der Waals surface area contributed by atoms with Crippen LogP contribution in [0.2, 0.25) is 0 Å². The average Bonchev–Trinajstić information content (AvgIpc) is 2.95. The van der Waals surface area contributed by atoms with Crippen LogP contribution in [0.15, 0.2) is 27.7 Å². The number of alkyl halides is 2. The molecule has 2 rings (SSSR count). The van der Waals surface area contributed by atoms with Gasteiger partial charge in [-0.05, 0) is 26.8 Å². The van der Waals surface area contributed by atoms with E-state index < -0.39 is 6.61 Å².